The number of hydrogen-bond acceptors (Lipinski definition) is 5. The molecule has 1 fully saturated rings. The van der Waals surface area contributed by atoms with Crippen LogP contribution in [0.3, 0.4) is 0 Å². The first-order valence-electron chi connectivity index (χ1n) is 9.13. The van der Waals surface area contributed by atoms with Crippen LogP contribution in [0.4, 0.5) is 5.82 Å². The molecule has 0 aliphatic carbocycles. The second-order valence-electron chi connectivity index (χ2n) is 7.33. The van der Waals surface area contributed by atoms with E-state index in [1.165, 1.54) is 0 Å². The van der Waals surface area contributed by atoms with Gasteiger partial charge in [0.1, 0.15) is 12.6 Å². The van der Waals surface area contributed by atoms with Gasteiger partial charge in [-0.2, -0.15) is 0 Å². The van der Waals surface area contributed by atoms with Crippen LogP contribution in [0.15, 0.2) is 12.7 Å². The number of rotatable bonds is 7. The van der Waals surface area contributed by atoms with Crippen LogP contribution in [0.1, 0.15) is 66.0 Å². The van der Waals surface area contributed by atoms with Crippen molar-refractivity contribution in [1.82, 2.24) is 19.5 Å². The Hall–Kier alpha value is -1.69. The van der Waals surface area contributed by atoms with Crippen molar-refractivity contribution < 1.29 is 4.74 Å². The maximum absolute atomic E-state index is 6.35. The smallest absolute Gasteiger partial charge is 0.167 e. The molecule has 6 heteroatoms. The Morgan fingerprint density at radius 2 is 2.08 bits per heavy atom. The molecule has 1 saturated heterocycles. The molecule has 1 unspecified atom stereocenters. The summed E-state index contributed by atoms with van der Waals surface area (Å²) in [5.41, 5.74) is 1.88. The third-order valence-corrected chi connectivity index (χ3v) is 5.27. The largest absolute Gasteiger partial charge is 0.368 e. The number of imidazole rings is 1. The zero-order chi connectivity index (χ0) is 17.2. The molecule has 1 N–H and O–H groups in total. The molecule has 2 aromatic rings. The van der Waals surface area contributed by atoms with Crippen LogP contribution >= 0.6 is 0 Å². The minimum Gasteiger partial charge on any atom is -0.368 e. The molecule has 0 saturated carbocycles. The van der Waals surface area contributed by atoms with Crippen LogP contribution in [0.25, 0.3) is 11.2 Å². The van der Waals surface area contributed by atoms with Gasteiger partial charge in [-0.3, -0.25) is 4.57 Å². The highest BCUT2D eigenvalue weighted by molar-refractivity contribution is 5.82. The van der Waals surface area contributed by atoms with Crippen LogP contribution in [-0.2, 0) is 4.74 Å². The summed E-state index contributed by atoms with van der Waals surface area (Å²) in [6.45, 7) is 9.87. The molecule has 2 atom stereocenters. The molecule has 1 aliphatic heterocycles. The SMILES string of the molecule is CCCCNc1ncnc2c1ncn2[C@H]1CCC(C(C)(C)CC)O1. The van der Waals surface area contributed by atoms with E-state index in [1.54, 1.807) is 6.33 Å². The quantitative estimate of drug-likeness (QED) is 0.772. The fraction of sp³-hybridized carbons (Fsp3) is 0.722. The number of nitrogens with zero attached hydrogens (tertiary/aromatic N) is 4. The zero-order valence-corrected chi connectivity index (χ0v) is 15.2. The molecule has 2 aromatic heterocycles. The van der Waals surface area contributed by atoms with E-state index in [9.17, 15) is 0 Å². The van der Waals surface area contributed by atoms with E-state index in [2.05, 4.69) is 52.5 Å². The molecule has 3 rings (SSSR count). The third kappa shape index (κ3) is 3.24. The lowest BCUT2D eigenvalue weighted by molar-refractivity contribution is -0.0524. The van der Waals surface area contributed by atoms with Crippen molar-refractivity contribution in [3.8, 4) is 0 Å². The first kappa shape index (κ1) is 17.1. The van der Waals surface area contributed by atoms with Crippen molar-refractivity contribution in [2.75, 3.05) is 11.9 Å². The Kier molecular flexibility index (Phi) is 5.04. The molecule has 1 aliphatic rings. The van der Waals surface area contributed by atoms with Crippen LogP contribution in [-0.4, -0.2) is 32.2 Å². The normalized spacial score (nSPS) is 21.5. The highest BCUT2D eigenvalue weighted by Crippen LogP contribution is 2.40. The highest BCUT2D eigenvalue weighted by Gasteiger charge is 2.37. The third-order valence-electron chi connectivity index (χ3n) is 5.27. The van der Waals surface area contributed by atoms with Crippen molar-refractivity contribution >= 4 is 17.0 Å². The van der Waals surface area contributed by atoms with E-state index >= 15 is 0 Å². The summed E-state index contributed by atoms with van der Waals surface area (Å²) in [5.74, 6) is 0.815. The highest BCUT2D eigenvalue weighted by atomic mass is 16.5. The zero-order valence-electron chi connectivity index (χ0n) is 15.2. The van der Waals surface area contributed by atoms with Crippen LogP contribution in [0.2, 0.25) is 0 Å². The van der Waals surface area contributed by atoms with Gasteiger partial charge in [0.25, 0.3) is 0 Å². The Morgan fingerprint density at radius 3 is 2.83 bits per heavy atom. The predicted octanol–water partition coefficient (Wildman–Crippen LogP) is 4.15. The van der Waals surface area contributed by atoms with Gasteiger partial charge in [0.2, 0.25) is 0 Å². The second-order valence-corrected chi connectivity index (χ2v) is 7.33. The topological polar surface area (TPSA) is 64.9 Å². The average molecular weight is 331 g/mol. The standard InChI is InChI=1S/C18H29N5O/c1-5-7-10-19-16-15-17(21-11-20-16)23(12-22-15)14-9-8-13(24-14)18(3,4)6-2/h11-14H,5-10H2,1-4H3,(H,19,20,21)/t13?,14-/m1/s1. The van der Waals surface area contributed by atoms with E-state index in [4.69, 9.17) is 4.74 Å². The maximum Gasteiger partial charge on any atom is 0.167 e. The molecular weight excluding hydrogens is 302 g/mol. The van der Waals surface area contributed by atoms with Gasteiger partial charge in [-0.1, -0.05) is 34.1 Å². The summed E-state index contributed by atoms with van der Waals surface area (Å²) in [4.78, 5) is 13.3. The number of anilines is 1. The minimum absolute atomic E-state index is 0.0178. The maximum atomic E-state index is 6.35. The summed E-state index contributed by atoms with van der Waals surface area (Å²) >= 11 is 0. The molecule has 0 bridgehead atoms. The molecule has 0 radical (unpaired) electrons. The van der Waals surface area contributed by atoms with Crippen molar-refractivity contribution in [3.05, 3.63) is 12.7 Å². The minimum atomic E-state index is 0.0178. The van der Waals surface area contributed by atoms with E-state index in [-0.39, 0.29) is 17.7 Å². The average Bonchev–Trinajstić information content (AvgIpc) is 3.22. The monoisotopic (exact) mass is 331 g/mol. The van der Waals surface area contributed by atoms with Crippen LogP contribution in [0.5, 0.6) is 0 Å². The van der Waals surface area contributed by atoms with Gasteiger partial charge in [0, 0.05) is 6.54 Å². The summed E-state index contributed by atoms with van der Waals surface area (Å²) < 4.78 is 8.41. The predicted molar refractivity (Wildman–Crippen MR) is 95.9 cm³/mol. The van der Waals surface area contributed by atoms with Crippen molar-refractivity contribution in [1.29, 1.82) is 0 Å². The van der Waals surface area contributed by atoms with Crippen molar-refractivity contribution in [3.63, 3.8) is 0 Å². The van der Waals surface area contributed by atoms with Gasteiger partial charge >= 0.3 is 0 Å². The lowest BCUT2D eigenvalue weighted by atomic mass is 9.82. The second kappa shape index (κ2) is 7.05. The van der Waals surface area contributed by atoms with Gasteiger partial charge in [0.05, 0.1) is 12.4 Å². The summed E-state index contributed by atoms with van der Waals surface area (Å²) in [6.07, 6.45) is 9.22. The van der Waals surface area contributed by atoms with Crippen molar-refractivity contribution in [2.45, 2.75) is 72.1 Å². The lowest BCUT2D eigenvalue weighted by Crippen LogP contribution is -2.28. The van der Waals surface area contributed by atoms with E-state index in [0.29, 0.717) is 0 Å². The van der Waals surface area contributed by atoms with Crippen LogP contribution < -0.4 is 5.32 Å². The Labute approximate surface area is 144 Å². The lowest BCUT2D eigenvalue weighted by Gasteiger charge is -2.30. The molecule has 6 nitrogen and oxygen atoms in total. The van der Waals surface area contributed by atoms with E-state index in [1.807, 2.05) is 6.33 Å². The summed E-state index contributed by atoms with van der Waals surface area (Å²) in [6, 6.07) is 0. The van der Waals surface area contributed by atoms with Gasteiger partial charge < -0.3 is 10.1 Å². The number of nitrogens with one attached hydrogen (secondary N) is 1. The van der Waals surface area contributed by atoms with Crippen LogP contribution in [0, 0.1) is 5.41 Å². The van der Waals surface area contributed by atoms with E-state index < -0.39 is 0 Å². The summed E-state index contributed by atoms with van der Waals surface area (Å²) in [5, 5.41) is 3.37. The number of fused-ring (bicyclic) bond motifs is 1. The number of ether oxygens (including phenoxy) is 1. The number of hydrogen-bond donors (Lipinski definition) is 1. The molecule has 132 valence electrons. The Morgan fingerprint density at radius 1 is 1.25 bits per heavy atom. The summed E-state index contributed by atoms with van der Waals surface area (Å²) in [7, 11) is 0. The van der Waals surface area contributed by atoms with Gasteiger partial charge in [-0.15, -0.1) is 0 Å². The van der Waals surface area contributed by atoms with Gasteiger partial charge in [0.15, 0.2) is 17.0 Å². The Bertz CT molecular complexity index is 681. The fourth-order valence-corrected chi connectivity index (χ4v) is 3.20. The van der Waals surface area contributed by atoms with E-state index in [0.717, 1.165) is 55.6 Å². The molecular formula is C18H29N5O. The van der Waals surface area contributed by atoms with Gasteiger partial charge in [-0.05, 0) is 31.1 Å². The molecule has 24 heavy (non-hydrogen) atoms. The van der Waals surface area contributed by atoms with Gasteiger partial charge in [-0.25, -0.2) is 15.0 Å². The fourth-order valence-electron chi connectivity index (χ4n) is 3.20. The van der Waals surface area contributed by atoms with Crippen molar-refractivity contribution in [2.24, 2.45) is 5.41 Å². The first-order valence-corrected chi connectivity index (χ1v) is 9.13. The molecule has 3 heterocycles. The molecule has 0 amide bonds. The number of unbranched alkanes of at least 4 members (excludes halogenated alkanes) is 1. The molecule has 0 aromatic carbocycles. The first-order chi connectivity index (χ1) is 11.6. The Balaban J connectivity index is 1.80. The molecule has 0 spiro atoms. The number of aromatic nitrogens is 4.